The zero-order valence-corrected chi connectivity index (χ0v) is 18.6. The Kier molecular flexibility index (Phi) is 6.41. The molecule has 4 aromatic rings. The maximum Gasteiger partial charge on any atom is 0.288 e. The number of carbonyl (C=O) groups is 1. The Morgan fingerprint density at radius 3 is 2.26 bits per heavy atom. The van der Waals surface area contributed by atoms with Gasteiger partial charge in [-0.2, -0.15) is 11.3 Å². The first-order chi connectivity index (χ1) is 15.0. The van der Waals surface area contributed by atoms with Gasteiger partial charge in [0.2, 0.25) is 0 Å². The number of rotatable bonds is 6. The van der Waals surface area contributed by atoms with E-state index in [9.17, 15) is 13.2 Å². The van der Waals surface area contributed by atoms with Gasteiger partial charge < -0.3 is 5.32 Å². The van der Waals surface area contributed by atoms with Crippen LogP contribution in [0, 0.1) is 0 Å². The zero-order chi connectivity index (χ0) is 21.7. The molecule has 0 radical (unpaired) electrons. The van der Waals surface area contributed by atoms with Crippen molar-refractivity contribution < 1.29 is 13.2 Å². The molecule has 0 bridgehead atoms. The molecular formula is C23H18N2O3S3. The van der Waals surface area contributed by atoms with Crippen LogP contribution in [0.15, 0.2) is 105 Å². The van der Waals surface area contributed by atoms with Crippen LogP contribution in [0.25, 0.3) is 11.1 Å². The van der Waals surface area contributed by atoms with Crippen LogP contribution in [0.2, 0.25) is 0 Å². The summed E-state index contributed by atoms with van der Waals surface area (Å²) in [6.45, 7) is 0. The first-order valence-corrected chi connectivity index (χ1v) is 12.5. The van der Waals surface area contributed by atoms with Crippen molar-refractivity contribution in [1.29, 1.82) is 0 Å². The van der Waals surface area contributed by atoms with Crippen LogP contribution >= 0.6 is 23.1 Å². The smallest absolute Gasteiger partial charge is 0.288 e. The number of nitrogens with one attached hydrogen (secondary N) is 2. The molecule has 2 N–H and O–H groups in total. The second-order valence-electron chi connectivity index (χ2n) is 6.52. The summed E-state index contributed by atoms with van der Waals surface area (Å²) in [5.41, 5.74) is 2.56. The second-order valence-corrected chi connectivity index (χ2v) is 10.0. The molecule has 8 heteroatoms. The summed E-state index contributed by atoms with van der Waals surface area (Å²) in [5, 5.41) is 6.44. The average Bonchev–Trinajstić information content (AvgIpc) is 3.29. The first kappa shape index (κ1) is 21.2. The zero-order valence-electron chi connectivity index (χ0n) is 16.2. The molecule has 0 aliphatic rings. The summed E-state index contributed by atoms with van der Waals surface area (Å²) < 4.78 is 28.4. The summed E-state index contributed by atoms with van der Waals surface area (Å²) in [4.78, 5) is 13.5. The molecule has 0 saturated carbocycles. The van der Waals surface area contributed by atoms with Crippen molar-refractivity contribution in [1.82, 2.24) is 0 Å². The monoisotopic (exact) mass is 466 g/mol. The summed E-state index contributed by atoms with van der Waals surface area (Å²) in [6, 6.07) is 24.6. The number of hydrogen-bond donors (Lipinski definition) is 2. The second kappa shape index (κ2) is 9.38. The highest BCUT2D eigenvalue weighted by atomic mass is 32.2. The quantitative estimate of drug-likeness (QED) is 0.316. The number of para-hydroxylation sites is 1. The Labute approximate surface area is 189 Å². The number of benzene rings is 3. The summed E-state index contributed by atoms with van der Waals surface area (Å²) in [7, 11) is -3.82. The third-order valence-corrected chi connectivity index (χ3v) is 7.21. The van der Waals surface area contributed by atoms with E-state index in [-0.39, 0.29) is 10.1 Å². The fourth-order valence-corrected chi connectivity index (χ4v) is 5.32. The number of thioether (sulfide) groups is 1. The Morgan fingerprint density at radius 1 is 0.871 bits per heavy atom. The molecular weight excluding hydrogens is 448 g/mol. The van der Waals surface area contributed by atoms with Crippen LogP contribution in [-0.4, -0.2) is 13.7 Å². The van der Waals surface area contributed by atoms with Crippen molar-refractivity contribution in [2.24, 2.45) is 0 Å². The third-order valence-electron chi connectivity index (χ3n) is 4.35. The molecule has 3 aromatic carbocycles. The summed E-state index contributed by atoms with van der Waals surface area (Å²) >= 11 is 2.58. The van der Waals surface area contributed by atoms with Crippen LogP contribution in [0.3, 0.4) is 0 Å². The van der Waals surface area contributed by atoms with E-state index in [1.807, 2.05) is 53.2 Å². The van der Waals surface area contributed by atoms with E-state index >= 15 is 0 Å². The lowest BCUT2D eigenvalue weighted by Gasteiger charge is -2.14. The molecule has 1 heterocycles. The SMILES string of the molecule is O=C(Nc1cc(S(=O)(=O)Nc2ccccc2)ccc1-c1ccsc1)Sc1ccccc1. The van der Waals surface area contributed by atoms with E-state index in [1.165, 1.54) is 23.5 Å². The highest BCUT2D eigenvalue weighted by Gasteiger charge is 2.18. The van der Waals surface area contributed by atoms with Gasteiger partial charge in [0.25, 0.3) is 15.3 Å². The van der Waals surface area contributed by atoms with Gasteiger partial charge in [0, 0.05) is 16.1 Å². The largest absolute Gasteiger partial charge is 0.316 e. The molecule has 1 amide bonds. The fraction of sp³-hybridized carbons (Fsp3) is 0. The lowest BCUT2D eigenvalue weighted by molar-refractivity contribution is 0.270. The number of anilines is 2. The van der Waals surface area contributed by atoms with Crippen LogP contribution in [-0.2, 0) is 10.0 Å². The van der Waals surface area contributed by atoms with Crippen LogP contribution in [0.5, 0.6) is 0 Å². The molecule has 0 saturated heterocycles. The molecule has 0 aliphatic carbocycles. The molecule has 5 nitrogen and oxygen atoms in total. The van der Waals surface area contributed by atoms with Crippen molar-refractivity contribution in [3.63, 3.8) is 0 Å². The van der Waals surface area contributed by atoms with Crippen molar-refractivity contribution in [2.45, 2.75) is 9.79 Å². The van der Waals surface area contributed by atoms with Crippen molar-refractivity contribution in [2.75, 3.05) is 10.0 Å². The van der Waals surface area contributed by atoms with E-state index in [0.717, 1.165) is 27.8 Å². The van der Waals surface area contributed by atoms with Gasteiger partial charge in [-0.1, -0.05) is 42.5 Å². The lowest BCUT2D eigenvalue weighted by Crippen LogP contribution is -2.14. The van der Waals surface area contributed by atoms with Crippen LogP contribution < -0.4 is 10.0 Å². The molecule has 4 rings (SSSR count). The molecule has 0 spiro atoms. The van der Waals surface area contributed by atoms with Gasteiger partial charge in [0.05, 0.1) is 10.6 Å². The number of hydrogen-bond acceptors (Lipinski definition) is 5. The number of thiophene rings is 1. The van der Waals surface area contributed by atoms with E-state index < -0.39 is 10.0 Å². The Bertz CT molecular complexity index is 1270. The molecule has 0 atom stereocenters. The van der Waals surface area contributed by atoms with Gasteiger partial charge in [0.1, 0.15) is 0 Å². The molecule has 156 valence electrons. The van der Waals surface area contributed by atoms with Gasteiger partial charge in [-0.15, -0.1) is 0 Å². The Balaban J connectivity index is 1.65. The number of sulfonamides is 1. The molecule has 0 unspecified atom stereocenters. The number of carbonyl (C=O) groups excluding carboxylic acids is 1. The fourth-order valence-electron chi connectivity index (χ4n) is 2.91. The number of amides is 1. The predicted octanol–water partition coefficient (Wildman–Crippen LogP) is 6.54. The van der Waals surface area contributed by atoms with Gasteiger partial charge in [0.15, 0.2) is 0 Å². The topological polar surface area (TPSA) is 75.3 Å². The molecule has 1 aromatic heterocycles. The van der Waals surface area contributed by atoms with Crippen molar-refractivity contribution >= 4 is 49.7 Å². The predicted molar refractivity (Wildman–Crippen MR) is 128 cm³/mol. The summed E-state index contributed by atoms with van der Waals surface area (Å²) in [6.07, 6.45) is 0. The minimum atomic E-state index is -3.82. The van der Waals surface area contributed by atoms with Gasteiger partial charge in [-0.25, -0.2) is 8.42 Å². The van der Waals surface area contributed by atoms with Crippen LogP contribution in [0.4, 0.5) is 16.2 Å². The highest BCUT2D eigenvalue weighted by Crippen LogP contribution is 2.33. The maximum atomic E-state index is 12.9. The van der Waals surface area contributed by atoms with Gasteiger partial charge in [-0.3, -0.25) is 9.52 Å². The molecule has 31 heavy (non-hydrogen) atoms. The average molecular weight is 467 g/mol. The van der Waals surface area contributed by atoms with E-state index in [1.54, 1.807) is 30.3 Å². The van der Waals surface area contributed by atoms with Crippen molar-refractivity contribution in [3.8, 4) is 11.1 Å². The minimum absolute atomic E-state index is 0.0651. The maximum absolute atomic E-state index is 12.9. The molecule has 0 aliphatic heterocycles. The molecule has 0 fully saturated rings. The summed E-state index contributed by atoms with van der Waals surface area (Å²) in [5.74, 6) is 0. The minimum Gasteiger partial charge on any atom is -0.316 e. The Morgan fingerprint density at radius 2 is 1.58 bits per heavy atom. The standard InChI is InChI=1S/C23H18N2O3S3/c26-23(30-19-9-5-2-6-10-19)24-22-15-20(11-12-21(22)17-13-14-29-16-17)31(27,28)25-18-7-3-1-4-8-18/h1-16,25H,(H,24,26). The van der Waals surface area contributed by atoms with Gasteiger partial charge in [-0.05, 0) is 70.6 Å². The normalized spacial score (nSPS) is 11.1. The lowest BCUT2D eigenvalue weighted by atomic mass is 10.1. The van der Waals surface area contributed by atoms with Gasteiger partial charge >= 0.3 is 0 Å². The van der Waals surface area contributed by atoms with E-state index in [4.69, 9.17) is 0 Å². The van der Waals surface area contributed by atoms with Crippen molar-refractivity contribution in [3.05, 3.63) is 95.7 Å². The third kappa shape index (κ3) is 5.35. The Hall–Kier alpha value is -3.07. The van der Waals surface area contributed by atoms with Crippen LogP contribution in [0.1, 0.15) is 0 Å². The first-order valence-electron chi connectivity index (χ1n) is 9.30. The highest BCUT2D eigenvalue weighted by molar-refractivity contribution is 8.13. The van der Waals surface area contributed by atoms with E-state index in [2.05, 4.69) is 10.0 Å². The van der Waals surface area contributed by atoms with E-state index in [0.29, 0.717) is 11.4 Å².